The highest BCUT2D eigenvalue weighted by Crippen LogP contribution is 2.48. The molecule has 158 valence electrons. The van der Waals surface area contributed by atoms with Crippen LogP contribution < -0.4 is 9.47 Å². The lowest BCUT2D eigenvalue weighted by Crippen LogP contribution is -2.25. The maximum atomic E-state index is 12.3. The van der Waals surface area contributed by atoms with Gasteiger partial charge in [-0.25, -0.2) is 9.59 Å². The molecule has 30 heavy (non-hydrogen) atoms. The fourth-order valence-electron chi connectivity index (χ4n) is 4.36. The Morgan fingerprint density at radius 2 is 1.23 bits per heavy atom. The van der Waals surface area contributed by atoms with Gasteiger partial charge in [0.25, 0.3) is 0 Å². The van der Waals surface area contributed by atoms with Crippen LogP contribution in [0.25, 0.3) is 0 Å². The Morgan fingerprint density at radius 3 is 1.63 bits per heavy atom. The van der Waals surface area contributed by atoms with Crippen LogP contribution in [-0.2, 0) is 9.47 Å². The Morgan fingerprint density at radius 1 is 0.800 bits per heavy atom. The number of esters is 2. The lowest BCUT2D eigenvalue weighted by atomic mass is 9.75. The van der Waals surface area contributed by atoms with Crippen LogP contribution >= 0.6 is 0 Å². The Hall–Kier alpha value is -3.02. The second-order valence-electron chi connectivity index (χ2n) is 7.43. The zero-order valence-electron chi connectivity index (χ0n) is 17.3. The van der Waals surface area contributed by atoms with E-state index in [0.29, 0.717) is 37.6 Å². The lowest BCUT2D eigenvalue weighted by molar-refractivity contribution is 0.0516. The van der Waals surface area contributed by atoms with Gasteiger partial charge in [-0.05, 0) is 86.1 Å². The van der Waals surface area contributed by atoms with Crippen molar-refractivity contribution in [3.05, 3.63) is 58.7 Å². The zero-order chi connectivity index (χ0) is 21.1. The average molecular weight is 410 g/mol. The van der Waals surface area contributed by atoms with Crippen molar-refractivity contribution in [2.75, 3.05) is 26.4 Å². The van der Waals surface area contributed by atoms with Gasteiger partial charge in [-0.15, -0.1) is 0 Å². The summed E-state index contributed by atoms with van der Waals surface area (Å²) in [5, 5.41) is 0. The van der Waals surface area contributed by atoms with Gasteiger partial charge >= 0.3 is 11.9 Å². The molecule has 0 bridgehead atoms. The Labute approximate surface area is 176 Å². The smallest absolute Gasteiger partial charge is 0.338 e. The van der Waals surface area contributed by atoms with Gasteiger partial charge in [0.2, 0.25) is 0 Å². The van der Waals surface area contributed by atoms with Gasteiger partial charge < -0.3 is 18.9 Å². The van der Waals surface area contributed by atoms with Crippen LogP contribution in [0.3, 0.4) is 0 Å². The van der Waals surface area contributed by atoms with Crippen LogP contribution in [0.15, 0.2) is 36.4 Å². The molecule has 2 heterocycles. The molecule has 0 N–H and O–H groups in total. The number of hydrogen-bond acceptors (Lipinski definition) is 6. The molecule has 2 aromatic rings. The molecule has 2 atom stereocenters. The van der Waals surface area contributed by atoms with Crippen LogP contribution in [0, 0.1) is 0 Å². The molecule has 2 aliphatic heterocycles. The molecule has 2 unspecified atom stereocenters. The van der Waals surface area contributed by atoms with Crippen molar-refractivity contribution in [2.45, 2.75) is 38.5 Å². The van der Waals surface area contributed by atoms with E-state index >= 15 is 0 Å². The minimum atomic E-state index is -0.332. The van der Waals surface area contributed by atoms with Crippen LogP contribution in [-0.4, -0.2) is 38.4 Å². The van der Waals surface area contributed by atoms with Crippen LogP contribution in [0.2, 0.25) is 0 Å². The Balaban J connectivity index is 1.71. The molecule has 0 saturated heterocycles. The molecule has 0 aromatic heterocycles. The van der Waals surface area contributed by atoms with Crippen molar-refractivity contribution in [2.24, 2.45) is 0 Å². The van der Waals surface area contributed by atoms with Crippen LogP contribution in [0.4, 0.5) is 0 Å². The lowest BCUT2D eigenvalue weighted by Gasteiger charge is -2.36. The summed E-state index contributed by atoms with van der Waals surface area (Å²) in [5.74, 6) is 1.25. The molecule has 6 nitrogen and oxygen atoms in total. The van der Waals surface area contributed by atoms with E-state index in [9.17, 15) is 9.59 Å². The van der Waals surface area contributed by atoms with Gasteiger partial charge in [-0.2, -0.15) is 0 Å². The standard InChI is InChI=1S/C24H26O6/c1-3-27-23(25)15-5-7-21-19(13-15)17(9-11-29-21)18-10-12-30-22-8-6-16(14-20(18)22)24(26)28-4-2/h5-8,13-14,17-18H,3-4,9-12H2,1-2H3. The summed E-state index contributed by atoms with van der Waals surface area (Å²) >= 11 is 0. The molecule has 0 fully saturated rings. The highest BCUT2D eigenvalue weighted by molar-refractivity contribution is 5.90. The first-order chi connectivity index (χ1) is 14.6. The van der Waals surface area contributed by atoms with E-state index in [1.807, 2.05) is 24.3 Å². The molecule has 0 spiro atoms. The van der Waals surface area contributed by atoms with E-state index in [1.54, 1.807) is 26.0 Å². The van der Waals surface area contributed by atoms with Gasteiger partial charge in [0.1, 0.15) is 11.5 Å². The second-order valence-corrected chi connectivity index (χ2v) is 7.43. The number of benzene rings is 2. The largest absolute Gasteiger partial charge is 0.493 e. The number of carbonyl (C=O) groups excluding carboxylic acids is 2. The molecule has 0 radical (unpaired) electrons. The summed E-state index contributed by atoms with van der Waals surface area (Å²) in [6.45, 7) is 5.48. The van der Waals surface area contributed by atoms with Crippen molar-refractivity contribution in [1.29, 1.82) is 0 Å². The predicted molar refractivity (Wildman–Crippen MR) is 111 cm³/mol. The van der Waals surface area contributed by atoms with E-state index < -0.39 is 0 Å². The van der Waals surface area contributed by atoms with Gasteiger partial charge in [0, 0.05) is 0 Å². The third-order valence-corrected chi connectivity index (χ3v) is 5.70. The maximum Gasteiger partial charge on any atom is 0.338 e. The number of ether oxygens (including phenoxy) is 4. The van der Waals surface area contributed by atoms with Crippen molar-refractivity contribution in [3.8, 4) is 11.5 Å². The van der Waals surface area contributed by atoms with E-state index in [4.69, 9.17) is 18.9 Å². The monoisotopic (exact) mass is 410 g/mol. The molecule has 2 aromatic carbocycles. The molecule has 0 saturated carbocycles. The third-order valence-electron chi connectivity index (χ3n) is 5.70. The topological polar surface area (TPSA) is 71.1 Å². The van der Waals surface area contributed by atoms with Gasteiger partial charge in [-0.3, -0.25) is 0 Å². The highest BCUT2D eigenvalue weighted by atomic mass is 16.5. The maximum absolute atomic E-state index is 12.3. The number of fused-ring (bicyclic) bond motifs is 2. The van der Waals surface area contributed by atoms with Gasteiger partial charge in [-0.1, -0.05) is 0 Å². The average Bonchev–Trinajstić information content (AvgIpc) is 2.78. The van der Waals surface area contributed by atoms with Gasteiger partial charge in [0.15, 0.2) is 0 Å². The highest BCUT2D eigenvalue weighted by Gasteiger charge is 2.35. The Kier molecular flexibility index (Phi) is 5.93. The van der Waals surface area contributed by atoms with Crippen molar-refractivity contribution >= 4 is 11.9 Å². The minimum Gasteiger partial charge on any atom is -0.493 e. The summed E-state index contributed by atoms with van der Waals surface area (Å²) < 4.78 is 22.1. The molecular formula is C24H26O6. The molecule has 0 amide bonds. The SMILES string of the molecule is CCOC(=O)c1ccc2c(c1)C(C1CCOc3ccc(C(=O)OCC)cc31)CCO2. The summed E-state index contributed by atoms with van der Waals surface area (Å²) in [6, 6.07) is 11.0. The number of carbonyl (C=O) groups is 2. The first kappa shape index (κ1) is 20.3. The summed E-state index contributed by atoms with van der Waals surface area (Å²) in [5.41, 5.74) is 3.06. The van der Waals surface area contributed by atoms with E-state index in [2.05, 4.69) is 0 Å². The second kappa shape index (κ2) is 8.78. The van der Waals surface area contributed by atoms with Crippen LogP contribution in [0.1, 0.15) is 70.4 Å². The van der Waals surface area contributed by atoms with Crippen LogP contribution in [0.5, 0.6) is 11.5 Å². The fraction of sp³-hybridized carbons (Fsp3) is 0.417. The fourth-order valence-corrected chi connectivity index (χ4v) is 4.36. The number of hydrogen-bond donors (Lipinski definition) is 0. The molecule has 0 aliphatic carbocycles. The Bertz CT molecular complexity index is 873. The van der Waals surface area contributed by atoms with E-state index in [0.717, 1.165) is 35.5 Å². The molecule has 2 aliphatic rings. The van der Waals surface area contributed by atoms with Gasteiger partial charge in [0.05, 0.1) is 37.6 Å². The quantitative estimate of drug-likeness (QED) is 0.677. The van der Waals surface area contributed by atoms with Crippen molar-refractivity contribution in [3.63, 3.8) is 0 Å². The summed E-state index contributed by atoms with van der Waals surface area (Å²) in [4.78, 5) is 24.5. The number of rotatable bonds is 5. The molecule has 6 heteroatoms. The van der Waals surface area contributed by atoms with E-state index in [-0.39, 0.29) is 23.8 Å². The van der Waals surface area contributed by atoms with E-state index in [1.165, 1.54) is 0 Å². The first-order valence-electron chi connectivity index (χ1n) is 10.5. The predicted octanol–water partition coefficient (Wildman–Crippen LogP) is 4.47. The first-order valence-corrected chi connectivity index (χ1v) is 10.5. The zero-order valence-corrected chi connectivity index (χ0v) is 17.3. The minimum absolute atomic E-state index is 0.156. The molecule has 4 rings (SSSR count). The normalized spacial score (nSPS) is 19.5. The summed E-state index contributed by atoms with van der Waals surface area (Å²) in [7, 11) is 0. The van der Waals surface area contributed by atoms with Crippen molar-refractivity contribution in [1.82, 2.24) is 0 Å². The molecular weight excluding hydrogens is 384 g/mol. The third kappa shape index (κ3) is 3.86. The van der Waals surface area contributed by atoms with Crippen molar-refractivity contribution < 1.29 is 28.5 Å². The summed E-state index contributed by atoms with van der Waals surface area (Å²) in [6.07, 6.45) is 1.65.